The van der Waals surface area contributed by atoms with E-state index in [0.717, 1.165) is 5.56 Å². The summed E-state index contributed by atoms with van der Waals surface area (Å²) in [6.45, 7) is 6.64. The summed E-state index contributed by atoms with van der Waals surface area (Å²) in [5, 5.41) is 0. The summed E-state index contributed by atoms with van der Waals surface area (Å²) in [6, 6.07) is 3.77. The minimum Gasteiger partial charge on any atom is -0.382 e. The number of aromatic nitrogens is 1. The molecule has 0 aliphatic carbocycles. The zero-order chi connectivity index (χ0) is 14.5. The average Bonchev–Trinajstić information content (AvgIpc) is 2.41. The molecular weight excluding hydrogens is 256 g/mol. The van der Waals surface area contributed by atoms with Gasteiger partial charge in [-0.3, -0.25) is 9.78 Å². The van der Waals surface area contributed by atoms with E-state index < -0.39 is 0 Å². The highest BCUT2D eigenvalue weighted by Crippen LogP contribution is 2.17. The molecule has 0 bridgehead atoms. The quantitative estimate of drug-likeness (QED) is 0.743. The van der Waals surface area contributed by atoms with Crippen molar-refractivity contribution in [3.63, 3.8) is 0 Å². The highest BCUT2D eigenvalue weighted by atomic mass is 16.5. The predicted octanol–water partition coefficient (Wildman–Crippen LogP) is 1.69. The molecule has 0 N–H and O–H groups in total. The van der Waals surface area contributed by atoms with Crippen LogP contribution >= 0.6 is 0 Å². The highest BCUT2D eigenvalue weighted by Gasteiger charge is 2.32. The van der Waals surface area contributed by atoms with E-state index in [1.165, 1.54) is 0 Å². The van der Waals surface area contributed by atoms with Gasteiger partial charge in [0.05, 0.1) is 19.3 Å². The van der Waals surface area contributed by atoms with E-state index in [1.807, 2.05) is 6.07 Å². The van der Waals surface area contributed by atoms with Crippen LogP contribution in [0.1, 0.15) is 35.8 Å². The number of methoxy groups -OCH3 is 1. The first-order chi connectivity index (χ1) is 9.61. The molecule has 110 valence electrons. The summed E-state index contributed by atoms with van der Waals surface area (Å²) >= 11 is 0. The molecule has 0 saturated carbocycles. The summed E-state index contributed by atoms with van der Waals surface area (Å²) in [7, 11) is 1.65. The number of carbonyl (C=O) groups is 1. The third-order valence-corrected chi connectivity index (χ3v) is 3.45. The average molecular weight is 278 g/mol. The third kappa shape index (κ3) is 3.55. The molecule has 1 aromatic rings. The van der Waals surface area contributed by atoms with Crippen molar-refractivity contribution in [2.24, 2.45) is 0 Å². The molecule has 0 atom stereocenters. The third-order valence-electron chi connectivity index (χ3n) is 3.45. The van der Waals surface area contributed by atoms with Gasteiger partial charge in [0.25, 0.3) is 5.91 Å². The van der Waals surface area contributed by atoms with Gasteiger partial charge >= 0.3 is 0 Å². The van der Waals surface area contributed by atoms with Crippen molar-refractivity contribution in [1.29, 1.82) is 0 Å². The molecule has 2 heterocycles. The van der Waals surface area contributed by atoms with E-state index in [2.05, 4.69) is 18.8 Å². The lowest BCUT2D eigenvalue weighted by Gasteiger charge is -2.38. The van der Waals surface area contributed by atoms with Gasteiger partial charge in [0.2, 0.25) is 0 Å². The standard InChI is InChI=1S/C15H22N2O3/c1-11(2)12-4-5-14(16-8-12)15(18)17-9-13(10-17)20-7-6-19-3/h4-5,8,11,13H,6-7,9-10H2,1-3H3. The van der Waals surface area contributed by atoms with E-state index in [0.29, 0.717) is 37.9 Å². The van der Waals surface area contributed by atoms with E-state index >= 15 is 0 Å². The van der Waals surface area contributed by atoms with Gasteiger partial charge in [-0.25, -0.2) is 0 Å². The molecule has 5 nitrogen and oxygen atoms in total. The fourth-order valence-corrected chi connectivity index (χ4v) is 2.04. The summed E-state index contributed by atoms with van der Waals surface area (Å²) in [4.78, 5) is 18.2. The SMILES string of the molecule is COCCOC1CN(C(=O)c2ccc(C(C)C)cn2)C1. The molecule has 1 aliphatic heterocycles. The Morgan fingerprint density at radius 2 is 2.15 bits per heavy atom. The number of ether oxygens (including phenoxy) is 2. The van der Waals surface area contributed by atoms with Crippen LogP contribution < -0.4 is 0 Å². The van der Waals surface area contributed by atoms with Crippen LogP contribution in [0, 0.1) is 0 Å². The maximum absolute atomic E-state index is 12.2. The van der Waals surface area contributed by atoms with E-state index in [9.17, 15) is 4.79 Å². The number of hydrogen-bond acceptors (Lipinski definition) is 4. The summed E-state index contributed by atoms with van der Waals surface area (Å²) in [6.07, 6.45) is 1.91. The van der Waals surface area contributed by atoms with Gasteiger partial charge in [-0.05, 0) is 17.5 Å². The fourth-order valence-electron chi connectivity index (χ4n) is 2.04. The van der Waals surface area contributed by atoms with Crippen LogP contribution in [0.3, 0.4) is 0 Å². The number of nitrogens with zero attached hydrogens (tertiary/aromatic N) is 2. The number of hydrogen-bond donors (Lipinski definition) is 0. The second-order valence-electron chi connectivity index (χ2n) is 5.33. The lowest BCUT2D eigenvalue weighted by molar-refractivity contribution is -0.0556. The van der Waals surface area contributed by atoms with Gasteiger partial charge < -0.3 is 14.4 Å². The Hall–Kier alpha value is -1.46. The van der Waals surface area contributed by atoms with Gasteiger partial charge in [0.1, 0.15) is 5.69 Å². The lowest BCUT2D eigenvalue weighted by atomic mass is 10.1. The molecule has 0 radical (unpaired) electrons. The maximum Gasteiger partial charge on any atom is 0.272 e. The summed E-state index contributed by atoms with van der Waals surface area (Å²) in [5.41, 5.74) is 1.65. The molecule has 5 heteroatoms. The smallest absolute Gasteiger partial charge is 0.272 e. The van der Waals surface area contributed by atoms with Crippen LogP contribution in [-0.4, -0.2) is 55.3 Å². The topological polar surface area (TPSA) is 51.7 Å². The molecule has 0 aromatic carbocycles. The second kappa shape index (κ2) is 6.81. The molecular formula is C15H22N2O3. The first kappa shape index (κ1) is 14.9. The van der Waals surface area contributed by atoms with Crippen LogP contribution in [0.15, 0.2) is 18.3 Å². The van der Waals surface area contributed by atoms with Crippen LogP contribution in [0.4, 0.5) is 0 Å². The summed E-state index contributed by atoms with van der Waals surface area (Å²) < 4.78 is 10.5. The van der Waals surface area contributed by atoms with E-state index in [1.54, 1.807) is 24.3 Å². The Bertz CT molecular complexity index is 439. The normalized spacial score (nSPS) is 15.5. The first-order valence-electron chi connectivity index (χ1n) is 6.97. The molecule has 1 aliphatic rings. The van der Waals surface area contributed by atoms with Gasteiger partial charge in [0, 0.05) is 26.4 Å². The van der Waals surface area contributed by atoms with Crippen LogP contribution in [0.25, 0.3) is 0 Å². The molecule has 1 amide bonds. The molecule has 0 spiro atoms. The number of rotatable bonds is 6. The Balaban J connectivity index is 1.81. The van der Waals surface area contributed by atoms with Crippen molar-refractivity contribution in [2.45, 2.75) is 25.9 Å². The molecule has 0 unspecified atom stereocenters. The Morgan fingerprint density at radius 1 is 1.40 bits per heavy atom. The zero-order valence-corrected chi connectivity index (χ0v) is 12.3. The zero-order valence-electron chi connectivity index (χ0n) is 12.3. The van der Waals surface area contributed by atoms with Crippen molar-refractivity contribution >= 4 is 5.91 Å². The molecule has 20 heavy (non-hydrogen) atoms. The molecule has 1 aromatic heterocycles. The number of pyridine rings is 1. The van der Waals surface area contributed by atoms with Crippen molar-refractivity contribution in [3.05, 3.63) is 29.6 Å². The van der Waals surface area contributed by atoms with E-state index in [-0.39, 0.29) is 12.0 Å². The largest absolute Gasteiger partial charge is 0.382 e. The van der Waals surface area contributed by atoms with Crippen molar-refractivity contribution < 1.29 is 14.3 Å². The van der Waals surface area contributed by atoms with Crippen molar-refractivity contribution in [2.75, 3.05) is 33.4 Å². The van der Waals surface area contributed by atoms with Crippen molar-refractivity contribution in [1.82, 2.24) is 9.88 Å². The molecule has 1 saturated heterocycles. The molecule has 1 fully saturated rings. The number of carbonyl (C=O) groups excluding carboxylic acids is 1. The molecule has 2 rings (SSSR count). The number of amides is 1. The Kier molecular flexibility index (Phi) is 5.09. The summed E-state index contributed by atoms with van der Waals surface area (Å²) in [5.74, 6) is 0.404. The monoisotopic (exact) mass is 278 g/mol. The first-order valence-corrected chi connectivity index (χ1v) is 6.97. The van der Waals surface area contributed by atoms with Crippen LogP contribution in [0.5, 0.6) is 0 Å². The number of likely N-dealkylation sites (tertiary alicyclic amines) is 1. The van der Waals surface area contributed by atoms with Gasteiger partial charge in [0.15, 0.2) is 0 Å². The Labute approximate surface area is 119 Å². The van der Waals surface area contributed by atoms with E-state index in [4.69, 9.17) is 9.47 Å². The lowest BCUT2D eigenvalue weighted by Crippen LogP contribution is -2.55. The predicted molar refractivity (Wildman–Crippen MR) is 75.8 cm³/mol. The highest BCUT2D eigenvalue weighted by molar-refractivity contribution is 5.92. The minimum atomic E-state index is -0.0214. The minimum absolute atomic E-state index is 0.0214. The van der Waals surface area contributed by atoms with Crippen LogP contribution in [0.2, 0.25) is 0 Å². The second-order valence-corrected chi connectivity index (χ2v) is 5.33. The van der Waals surface area contributed by atoms with Crippen LogP contribution in [-0.2, 0) is 9.47 Å². The van der Waals surface area contributed by atoms with Crippen molar-refractivity contribution in [3.8, 4) is 0 Å². The fraction of sp³-hybridized carbons (Fsp3) is 0.600. The van der Waals surface area contributed by atoms with Gasteiger partial charge in [-0.15, -0.1) is 0 Å². The van der Waals surface area contributed by atoms with Gasteiger partial charge in [-0.1, -0.05) is 19.9 Å². The Morgan fingerprint density at radius 3 is 2.70 bits per heavy atom. The maximum atomic E-state index is 12.2. The van der Waals surface area contributed by atoms with Gasteiger partial charge in [-0.2, -0.15) is 0 Å².